The van der Waals surface area contributed by atoms with Gasteiger partial charge in [0.15, 0.2) is 5.83 Å². The number of ether oxygens (including phenoxy) is 1. The van der Waals surface area contributed by atoms with E-state index in [1.165, 1.54) is 0 Å². The van der Waals surface area contributed by atoms with Gasteiger partial charge >= 0.3 is 6.01 Å². The van der Waals surface area contributed by atoms with Crippen LogP contribution >= 0.6 is 0 Å². The Morgan fingerprint density at radius 2 is 1.86 bits per heavy atom. The minimum absolute atomic E-state index is 0.0401. The van der Waals surface area contributed by atoms with Crippen LogP contribution in [0.3, 0.4) is 0 Å². The number of halogens is 3. The van der Waals surface area contributed by atoms with E-state index in [2.05, 4.69) is 21.3 Å². The number of hydrogen-bond donors (Lipinski definition) is 0. The number of fused-ring (bicyclic) bond motifs is 4. The van der Waals surface area contributed by atoms with Crippen LogP contribution in [0.1, 0.15) is 60.9 Å². The molecule has 0 N–H and O–H groups in total. The van der Waals surface area contributed by atoms with Crippen molar-refractivity contribution in [2.24, 2.45) is 0 Å². The number of benzene rings is 1. The molecule has 0 radical (unpaired) electrons. The summed E-state index contributed by atoms with van der Waals surface area (Å²) in [5, 5.41) is 0. The third-order valence-electron chi connectivity index (χ3n) is 11.1. The number of nitrogens with zero attached hydrogens (tertiary/aromatic N) is 6. The fourth-order valence-corrected chi connectivity index (χ4v) is 8.92. The van der Waals surface area contributed by atoms with E-state index < -0.39 is 17.9 Å². The van der Waals surface area contributed by atoms with Crippen molar-refractivity contribution in [3.05, 3.63) is 52.7 Å². The number of likely N-dealkylation sites (tertiary alicyclic amines) is 1. The molecule has 0 spiro atoms. The molecule has 1 unspecified atom stereocenters. The zero-order chi connectivity index (χ0) is 30.2. The summed E-state index contributed by atoms with van der Waals surface area (Å²) in [6.07, 6.45) is 6.71. The number of hydrogen-bond acceptors (Lipinski definition) is 7. The molecule has 4 atom stereocenters. The summed E-state index contributed by atoms with van der Waals surface area (Å²) < 4.78 is 49.3. The SMILES string of the molecule is C=C(F)C(=O)N1CC[C@@H]2[C@H]1CN2c1nc(OCC23CCCN2C[C@H](F)C3)nc2c1CCN(c1ccc(F)c3c1CCCC3)C2. The topological polar surface area (TPSA) is 65.0 Å². The highest BCUT2D eigenvalue weighted by atomic mass is 19.1. The van der Waals surface area contributed by atoms with E-state index in [0.717, 1.165) is 98.3 Å². The molecule has 4 fully saturated rings. The third kappa shape index (κ3) is 4.48. The molecule has 6 aliphatic rings. The summed E-state index contributed by atoms with van der Waals surface area (Å²) >= 11 is 0. The Morgan fingerprint density at radius 1 is 1.02 bits per heavy atom. The maximum atomic E-state index is 14.7. The molecule has 0 bridgehead atoms. The quantitative estimate of drug-likeness (QED) is 0.454. The van der Waals surface area contributed by atoms with Gasteiger partial charge in [-0.3, -0.25) is 9.69 Å². The lowest BCUT2D eigenvalue weighted by Gasteiger charge is -2.48. The predicted octanol–water partition coefficient (Wildman–Crippen LogP) is 4.29. The van der Waals surface area contributed by atoms with Crippen LogP contribution < -0.4 is 14.5 Å². The molecule has 5 aliphatic heterocycles. The minimum atomic E-state index is -0.926. The lowest BCUT2D eigenvalue weighted by Crippen LogP contribution is -2.63. The Hall–Kier alpha value is -3.34. The van der Waals surface area contributed by atoms with Crippen molar-refractivity contribution in [3.8, 4) is 6.01 Å². The monoisotopic (exact) mass is 608 g/mol. The lowest BCUT2D eigenvalue weighted by atomic mass is 9.89. The first-order valence-electron chi connectivity index (χ1n) is 16.2. The number of carbonyl (C=O) groups is 1. The molecule has 2 aromatic rings. The fourth-order valence-electron chi connectivity index (χ4n) is 8.92. The van der Waals surface area contributed by atoms with Gasteiger partial charge in [-0.1, -0.05) is 6.58 Å². The van der Waals surface area contributed by atoms with Crippen LogP contribution in [0.25, 0.3) is 0 Å². The van der Waals surface area contributed by atoms with Crippen LogP contribution in [0.4, 0.5) is 24.7 Å². The van der Waals surface area contributed by atoms with Crippen LogP contribution in [0.2, 0.25) is 0 Å². The molecule has 8 rings (SSSR count). The van der Waals surface area contributed by atoms with Gasteiger partial charge < -0.3 is 19.4 Å². The van der Waals surface area contributed by atoms with Gasteiger partial charge in [-0.25, -0.2) is 13.2 Å². The van der Waals surface area contributed by atoms with Crippen LogP contribution in [0, 0.1) is 5.82 Å². The van der Waals surface area contributed by atoms with E-state index in [0.29, 0.717) is 39.2 Å². The van der Waals surface area contributed by atoms with Crippen molar-refractivity contribution in [2.45, 2.75) is 88.1 Å². The van der Waals surface area contributed by atoms with Crippen molar-refractivity contribution >= 4 is 17.4 Å². The summed E-state index contributed by atoms with van der Waals surface area (Å²) in [4.78, 5) is 30.7. The van der Waals surface area contributed by atoms with E-state index >= 15 is 0 Å². The number of amides is 1. The van der Waals surface area contributed by atoms with Gasteiger partial charge in [-0.2, -0.15) is 9.97 Å². The lowest BCUT2D eigenvalue weighted by molar-refractivity contribution is -0.130. The second-order valence-corrected chi connectivity index (χ2v) is 13.5. The standard InChI is InChI=1S/C33H39F3N6O2/c1-20(34)31(43)41-14-10-28-29(41)18-42(28)30-24-9-13-39(27-8-7-25(36)22-5-2-3-6-23(22)27)17-26(24)37-32(38-30)44-19-33-11-4-12-40(33)16-21(35)15-33/h7-8,21,28-29H,1-6,9-19H2/t21-,28-,29-,33?/m1/s1. The molecule has 11 heteroatoms. The summed E-state index contributed by atoms with van der Waals surface area (Å²) in [7, 11) is 0. The number of carbonyl (C=O) groups excluding carboxylic acids is 1. The fraction of sp³-hybridized carbons (Fsp3) is 0.606. The summed E-state index contributed by atoms with van der Waals surface area (Å²) in [5.41, 5.74) is 4.66. The summed E-state index contributed by atoms with van der Waals surface area (Å²) in [6, 6.07) is 3.76. The van der Waals surface area contributed by atoms with Gasteiger partial charge in [0, 0.05) is 43.9 Å². The number of alkyl halides is 1. The molecule has 1 aromatic carbocycles. The molecular weight excluding hydrogens is 569 g/mol. The van der Waals surface area contributed by atoms with E-state index in [-0.39, 0.29) is 29.5 Å². The Bertz CT molecular complexity index is 1520. The maximum Gasteiger partial charge on any atom is 0.318 e. The molecule has 1 aliphatic carbocycles. The molecule has 4 saturated heterocycles. The van der Waals surface area contributed by atoms with E-state index in [4.69, 9.17) is 14.7 Å². The van der Waals surface area contributed by atoms with Crippen molar-refractivity contribution in [2.75, 3.05) is 49.1 Å². The molecule has 8 nitrogen and oxygen atoms in total. The Balaban J connectivity index is 1.11. The second kappa shape index (κ2) is 10.6. The summed E-state index contributed by atoms with van der Waals surface area (Å²) in [6.45, 7) is 7.24. The number of aromatic nitrogens is 2. The molecule has 1 amide bonds. The highest BCUT2D eigenvalue weighted by molar-refractivity contribution is 5.91. The zero-order valence-electron chi connectivity index (χ0n) is 25.0. The predicted molar refractivity (Wildman–Crippen MR) is 160 cm³/mol. The third-order valence-corrected chi connectivity index (χ3v) is 11.1. The van der Waals surface area contributed by atoms with E-state index in [1.807, 2.05) is 6.07 Å². The maximum absolute atomic E-state index is 14.7. The van der Waals surface area contributed by atoms with Crippen molar-refractivity contribution in [1.82, 2.24) is 19.8 Å². The Kier molecular flexibility index (Phi) is 6.80. The minimum Gasteiger partial charge on any atom is -0.461 e. The van der Waals surface area contributed by atoms with Crippen LogP contribution in [-0.2, 0) is 30.6 Å². The largest absolute Gasteiger partial charge is 0.461 e. The first-order valence-corrected chi connectivity index (χ1v) is 16.2. The number of anilines is 2. The first-order chi connectivity index (χ1) is 21.3. The normalized spacial score (nSPS) is 29.2. The Morgan fingerprint density at radius 3 is 2.70 bits per heavy atom. The van der Waals surface area contributed by atoms with Crippen LogP contribution in [0.5, 0.6) is 6.01 Å². The zero-order valence-corrected chi connectivity index (χ0v) is 25.0. The van der Waals surface area contributed by atoms with Gasteiger partial charge in [0.25, 0.3) is 5.91 Å². The molecule has 1 aromatic heterocycles. The smallest absolute Gasteiger partial charge is 0.318 e. The van der Waals surface area contributed by atoms with Gasteiger partial charge in [0.2, 0.25) is 0 Å². The van der Waals surface area contributed by atoms with E-state index in [1.54, 1.807) is 11.0 Å². The average molecular weight is 609 g/mol. The second-order valence-electron chi connectivity index (χ2n) is 13.5. The van der Waals surface area contributed by atoms with Gasteiger partial charge in [0.1, 0.15) is 24.4 Å². The number of rotatable bonds is 6. The molecule has 44 heavy (non-hydrogen) atoms. The van der Waals surface area contributed by atoms with Crippen molar-refractivity contribution in [3.63, 3.8) is 0 Å². The Labute approximate surface area is 255 Å². The summed E-state index contributed by atoms with van der Waals surface area (Å²) in [5.74, 6) is -0.857. The van der Waals surface area contributed by atoms with E-state index in [9.17, 15) is 18.0 Å². The molecule has 234 valence electrons. The van der Waals surface area contributed by atoms with Crippen LogP contribution in [-0.4, -0.2) is 88.8 Å². The first kappa shape index (κ1) is 28.2. The molecule has 6 heterocycles. The average Bonchev–Trinajstić information content (AvgIpc) is 3.65. The molecule has 0 saturated carbocycles. The highest BCUT2D eigenvalue weighted by Gasteiger charge is 2.51. The van der Waals surface area contributed by atoms with Gasteiger partial charge in [0.05, 0.1) is 29.9 Å². The van der Waals surface area contributed by atoms with Gasteiger partial charge in [-0.15, -0.1) is 0 Å². The van der Waals surface area contributed by atoms with Gasteiger partial charge in [-0.05, 0) is 81.2 Å². The van der Waals surface area contributed by atoms with Crippen LogP contribution in [0.15, 0.2) is 24.5 Å². The molecular formula is C33H39F3N6O2. The van der Waals surface area contributed by atoms with Crippen molar-refractivity contribution < 1.29 is 22.7 Å². The highest BCUT2D eigenvalue weighted by Crippen LogP contribution is 2.43. The van der Waals surface area contributed by atoms with Crippen molar-refractivity contribution in [1.29, 1.82) is 0 Å².